The minimum absolute atomic E-state index is 0.223. The van der Waals surface area contributed by atoms with Gasteiger partial charge in [0.25, 0.3) is 0 Å². The molecule has 0 spiro atoms. The molecular weight excluding hydrogens is 262 g/mol. The van der Waals surface area contributed by atoms with E-state index in [0.717, 1.165) is 11.1 Å². The van der Waals surface area contributed by atoms with Crippen molar-refractivity contribution in [3.05, 3.63) is 46.9 Å². The minimum Gasteiger partial charge on any atom is -0.508 e. The Hall–Kier alpha value is -1.81. The first kappa shape index (κ1) is 13.6. The summed E-state index contributed by atoms with van der Waals surface area (Å²) in [5, 5.41) is 13.4. The number of aromatic nitrogens is 2. The first-order valence-electron chi connectivity index (χ1n) is 6.10. The molecule has 0 fully saturated rings. The van der Waals surface area contributed by atoms with Gasteiger partial charge in [0, 0.05) is 17.7 Å². The van der Waals surface area contributed by atoms with Crippen molar-refractivity contribution >= 4 is 17.4 Å². The fraction of sp³-hybridized carbons (Fsp3) is 0.286. The monoisotopic (exact) mass is 277 g/mol. The maximum atomic E-state index is 9.72. The fourth-order valence-electron chi connectivity index (χ4n) is 1.87. The van der Waals surface area contributed by atoms with Crippen LogP contribution in [0.2, 0.25) is 5.15 Å². The molecule has 0 aliphatic heterocycles. The van der Waals surface area contributed by atoms with E-state index in [2.05, 4.69) is 15.3 Å². The van der Waals surface area contributed by atoms with Gasteiger partial charge in [-0.25, -0.2) is 9.97 Å². The molecule has 2 N–H and O–H groups in total. The number of para-hydroxylation sites is 1. The second-order valence-electron chi connectivity index (χ2n) is 4.56. The van der Waals surface area contributed by atoms with Crippen LogP contribution in [0.5, 0.6) is 5.75 Å². The van der Waals surface area contributed by atoms with E-state index in [1.807, 2.05) is 26.0 Å². The van der Waals surface area contributed by atoms with Crippen LogP contribution in [0, 0.1) is 0 Å². The predicted molar refractivity (Wildman–Crippen MR) is 76.6 cm³/mol. The van der Waals surface area contributed by atoms with Gasteiger partial charge in [0.05, 0.1) is 0 Å². The quantitative estimate of drug-likeness (QED) is 0.839. The molecule has 0 unspecified atom stereocenters. The highest BCUT2D eigenvalue weighted by Crippen LogP contribution is 2.28. The summed E-state index contributed by atoms with van der Waals surface area (Å²) in [4.78, 5) is 8.22. The van der Waals surface area contributed by atoms with Gasteiger partial charge in [0.2, 0.25) is 0 Å². The van der Waals surface area contributed by atoms with Crippen molar-refractivity contribution in [2.24, 2.45) is 0 Å². The summed E-state index contributed by atoms with van der Waals surface area (Å²) < 4.78 is 0. The van der Waals surface area contributed by atoms with Gasteiger partial charge >= 0.3 is 0 Å². The Balaban J connectivity index is 2.21. The molecule has 4 nitrogen and oxygen atoms in total. The lowest BCUT2D eigenvalue weighted by molar-refractivity contribution is 0.469. The summed E-state index contributed by atoms with van der Waals surface area (Å²) in [7, 11) is 0. The largest absolute Gasteiger partial charge is 0.508 e. The molecular formula is C14H16ClN3O. The number of phenols is 1. The van der Waals surface area contributed by atoms with Crippen LogP contribution in [0.1, 0.15) is 30.9 Å². The number of nitrogens with one attached hydrogen (secondary N) is 1. The Kier molecular flexibility index (Phi) is 4.22. The van der Waals surface area contributed by atoms with Gasteiger partial charge in [-0.1, -0.05) is 43.6 Å². The molecule has 0 bridgehead atoms. The van der Waals surface area contributed by atoms with Crippen LogP contribution in [-0.4, -0.2) is 15.1 Å². The number of hydrogen-bond acceptors (Lipinski definition) is 4. The molecule has 0 saturated carbocycles. The molecule has 0 saturated heterocycles. The molecule has 2 aromatic rings. The van der Waals surface area contributed by atoms with Crippen LogP contribution in [0.15, 0.2) is 30.6 Å². The zero-order chi connectivity index (χ0) is 13.8. The first-order valence-corrected chi connectivity index (χ1v) is 6.48. The number of benzene rings is 1. The number of halogens is 1. The number of rotatable bonds is 4. The Morgan fingerprint density at radius 3 is 2.68 bits per heavy atom. The number of aromatic hydroxyl groups is 1. The lowest BCUT2D eigenvalue weighted by Crippen LogP contribution is -2.07. The molecule has 100 valence electrons. The van der Waals surface area contributed by atoms with Gasteiger partial charge in [-0.2, -0.15) is 0 Å². The van der Waals surface area contributed by atoms with Gasteiger partial charge in [-0.15, -0.1) is 0 Å². The van der Waals surface area contributed by atoms with E-state index >= 15 is 0 Å². The van der Waals surface area contributed by atoms with Crippen molar-refractivity contribution in [3.8, 4) is 5.75 Å². The van der Waals surface area contributed by atoms with E-state index < -0.39 is 0 Å². The zero-order valence-corrected chi connectivity index (χ0v) is 11.6. The van der Waals surface area contributed by atoms with Crippen molar-refractivity contribution in [1.82, 2.24) is 9.97 Å². The smallest absolute Gasteiger partial charge is 0.138 e. The van der Waals surface area contributed by atoms with E-state index in [0.29, 0.717) is 17.5 Å². The van der Waals surface area contributed by atoms with Crippen LogP contribution in [0.25, 0.3) is 0 Å². The second-order valence-corrected chi connectivity index (χ2v) is 4.92. The Labute approximate surface area is 117 Å². The van der Waals surface area contributed by atoms with Crippen LogP contribution in [0.3, 0.4) is 0 Å². The van der Waals surface area contributed by atoms with Gasteiger partial charge in [-0.05, 0) is 12.0 Å². The van der Waals surface area contributed by atoms with E-state index in [-0.39, 0.29) is 11.7 Å². The molecule has 19 heavy (non-hydrogen) atoms. The molecule has 1 aromatic carbocycles. The van der Waals surface area contributed by atoms with Crippen molar-refractivity contribution in [1.29, 1.82) is 0 Å². The molecule has 1 aromatic heterocycles. The lowest BCUT2D eigenvalue weighted by atomic mass is 10.1. The van der Waals surface area contributed by atoms with Crippen LogP contribution < -0.4 is 5.32 Å². The molecule has 5 heteroatoms. The van der Waals surface area contributed by atoms with Gasteiger partial charge in [-0.3, -0.25) is 0 Å². The third-order valence-electron chi connectivity index (χ3n) is 2.85. The molecule has 0 aliphatic rings. The summed E-state index contributed by atoms with van der Waals surface area (Å²) in [5.41, 5.74) is 1.70. The lowest BCUT2D eigenvalue weighted by Gasteiger charge is -2.14. The van der Waals surface area contributed by atoms with Crippen molar-refractivity contribution < 1.29 is 5.11 Å². The zero-order valence-electron chi connectivity index (χ0n) is 10.9. The van der Waals surface area contributed by atoms with Gasteiger partial charge in [0.15, 0.2) is 0 Å². The summed E-state index contributed by atoms with van der Waals surface area (Å²) in [6.45, 7) is 4.56. The Morgan fingerprint density at radius 2 is 2.00 bits per heavy atom. The van der Waals surface area contributed by atoms with Crippen LogP contribution >= 0.6 is 11.6 Å². The van der Waals surface area contributed by atoms with Gasteiger partial charge < -0.3 is 10.4 Å². The average Bonchev–Trinajstić information content (AvgIpc) is 2.37. The summed E-state index contributed by atoms with van der Waals surface area (Å²) in [6.07, 6.45) is 1.43. The first-order chi connectivity index (χ1) is 9.09. The normalized spacial score (nSPS) is 10.7. The van der Waals surface area contributed by atoms with E-state index in [4.69, 9.17) is 11.6 Å². The minimum atomic E-state index is 0.223. The third-order valence-corrected chi connectivity index (χ3v) is 3.15. The highest BCUT2D eigenvalue weighted by Gasteiger charge is 2.13. The van der Waals surface area contributed by atoms with Crippen LogP contribution in [-0.2, 0) is 6.54 Å². The fourth-order valence-corrected chi connectivity index (χ4v) is 2.22. The topological polar surface area (TPSA) is 58.0 Å². The third kappa shape index (κ3) is 3.15. The van der Waals surface area contributed by atoms with Crippen molar-refractivity contribution in [2.45, 2.75) is 26.3 Å². The van der Waals surface area contributed by atoms with Crippen LogP contribution in [0.4, 0.5) is 5.82 Å². The van der Waals surface area contributed by atoms with E-state index in [1.165, 1.54) is 6.33 Å². The molecule has 0 atom stereocenters. The molecule has 1 heterocycles. The SMILES string of the molecule is CC(C)c1c(Cl)ncnc1NCc1ccccc1O. The Morgan fingerprint density at radius 1 is 1.26 bits per heavy atom. The van der Waals surface area contributed by atoms with Crippen molar-refractivity contribution in [2.75, 3.05) is 5.32 Å². The summed E-state index contributed by atoms with van der Waals surface area (Å²) in [5.74, 6) is 1.19. The number of phenolic OH excluding ortho intramolecular Hbond substituents is 1. The highest BCUT2D eigenvalue weighted by atomic mass is 35.5. The predicted octanol–water partition coefficient (Wildman–Crippen LogP) is 3.57. The van der Waals surface area contributed by atoms with E-state index in [9.17, 15) is 5.11 Å². The highest BCUT2D eigenvalue weighted by molar-refractivity contribution is 6.30. The maximum Gasteiger partial charge on any atom is 0.138 e. The number of nitrogens with zero attached hydrogens (tertiary/aromatic N) is 2. The number of anilines is 1. The summed E-state index contributed by atoms with van der Waals surface area (Å²) >= 11 is 6.10. The van der Waals surface area contributed by atoms with Crippen molar-refractivity contribution in [3.63, 3.8) is 0 Å². The standard InChI is InChI=1S/C14H16ClN3O/c1-9(2)12-13(15)17-8-18-14(12)16-7-10-5-3-4-6-11(10)19/h3-6,8-9,19H,7H2,1-2H3,(H,16,17,18). The van der Waals surface area contributed by atoms with E-state index in [1.54, 1.807) is 12.1 Å². The average molecular weight is 278 g/mol. The van der Waals surface area contributed by atoms with Gasteiger partial charge in [0.1, 0.15) is 23.0 Å². The number of hydrogen-bond donors (Lipinski definition) is 2. The molecule has 0 amide bonds. The maximum absolute atomic E-state index is 9.72. The summed E-state index contributed by atoms with van der Waals surface area (Å²) in [6, 6.07) is 7.19. The second kappa shape index (κ2) is 5.89. The molecule has 0 radical (unpaired) electrons. The Bertz CT molecular complexity index is 572. The molecule has 0 aliphatic carbocycles. The molecule has 2 rings (SSSR count).